The Kier molecular flexibility index (Phi) is 7.95. The fourth-order valence-electron chi connectivity index (χ4n) is 6.80. The highest BCUT2D eigenvalue weighted by atomic mass is 79.9. The molecule has 10 nitrogen and oxygen atoms in total. The Labute approximate surface area is 262 Å². The molecule has 13 heteroatoms. The molecule has 43 heavy (non-hydrogen) atoms. The van der Waals surface area contributed by atoms with Crippen LogP contribution in [0.4, 0.5) is 0 Å². The summed E-state index contributed by atoms with van der Waals surface area (Å²) in [6.45, 7) is 2.19. The molecule has 2 aromatic carbocycles. The number of halogens is 1. The predicted octanol–water partition coefficient (Wildman–Crippen LogP) is 4.70. The molecule has 6 rings (SSSR count). The van der Waals surface area contributed by atoms with E-state index in [1.54, 1.807) is 30.2 Å². The minimum absolute atomic E-state index is 0.0541. The average molecular weight is 691 g/mol. The number of carbonyl (C=O) groups is 1. The zero-order chi connectivity index (χ0) is 30.5. The molecule has 1 fully saturated rings. The van der Waals surface area contributed by atoms with Crippen LogP contribution in [0.5, 0.6) is 17.2 Å². The first kappa shape index (κ1) is 29.9. The van der Waals surface area contributed by atoms with Crippen LogP contribution in [0.15, 0.2) is 62.3 Å². The van der Waals surface area contributed by atoms with Gasteiger partial charge >= 0.3 is 0 Å². The van der Waals surface area contributed by atoms with E-state index in [0.717, 1.165) is 11.1 Å². The number of sulfonamides is 1. The second kappa shape index (κ2) is 11.4. The van der Waals surface area contributed by atoms with Crippen molar-refractivity contribution in [1.82, 2.24) is 9.73 Å². The van der Waals surface area contributed by atoms with Crippen molar-refractivity contribution in [2.75, 3.05) is 20.8 Å². The summed E-state index contributed by atoms with van der Waals surface area (Å²) in [5, 5.41) is 16.9. The summed E-state index contributed by atoms with van der Waals surface area (Å²) in [5.41, 5.74) is 2.03. The summed E-state index contributed by atoms with van der Waals surface area (Å²) in [6, 6.07) is 11.2. The zero-order valence-corrected chi connectivity index (χ0v) is 27.1. The Morgan fingerprint density at radius 1 is 1.23 bits per heavy atom. The quantitative estimate of drug-likeness (QED) is 0.345. The summed E-state index contributed by atoms with van der Waals surface area (Å²) < 4.78 is 44.2. The van der Waals surface area contributed by atoms with Crippen LogP contribution in [-0.4, -0.2) is 63.0 Å². The van der Waals surface area contributed by atoms with Crippen molar-refractivity contribution in [1.29, 1.82) is 0 Å². The van der Waals surface area contributed by atoms with Gasteiger partial charge in [-0.15, -0.1) is 11.3 Å². The van der Waals surface area contributed by atoms with E-state index in [-0.39, 0.29) is 23.3 Å². The Morgan fingerprint density at radius 3 is 2.65 bits per heavy atom. The third-order valence-corrected chi connectivity index (χ3v) is 11.7. The number of hydrogen-bond donors (Lipinski definition) is 2. The molecule has 1 saturated carbocycles. The number of thiophene rings is 1. The van der Waals surface area contributed by atoms with E-state index in [1.807, 2.05) is 17.5 Å². The molecule has 3 heterocycles. The normalized spacial score (nSPS) is 25.4. The average Bonchev–Trinajstić information content (AvgIpc) is 3.63. The summed E-state index contributed by atoms with van der Waals surface area (Å²) >= 11 is 5.07. The largest absolute Gasteiger partial charge is 0.497 e. The van der Waals surface area contributed by atoms with Gasteiger partial charge in [0, 0.05) is 29.7 Å². The molecule has 1 spiro atoms. The lowest BCUT2D eigenvalue weighted by Crippen LogP contribution is -2.53. The van der Waals surface area contributed by atoms with Crippen LogP contribution in [0.2, 0.25) is 0 Å². The van der Waals surface area contributed by atoms with Gasteiger partial charge in [-0.25, -0.2) is 4.83 Å². The van der Waals surface area contributed by atoms with Crippen LogP contribution in [0, 0.1) is 5.92 Å². The van der Waals surface area contributed by atoms with E-state index in [4.69, 9.17) is 14.2 Å². The fraction of sp³-hybridized carbons (Fsp3) is 0.400. The Balaban J connectivity index is 1.37. The van der Waals surface area contributed by atoms with Crippen molar-refractivity contribution in [3.05, 3.63) is 68.3 Å². The lowest BCUT2D eigenvalue weighted by atomic mass is 9.59. The Hall–Kier alpha value is -3.13. The molecule has 0 saturated heterocycles. The van der Waals surface area contributed by atoms with Crippen molar-refractivity contribution in [3.8, 4) is 17.2 Å². The lowest BCUT2D eigenvalue weighted by molar-refractivity contribution is 0.0342. The molecule has 3 aromatic rings. The maximum atomic E-state index is 13.7. The fourth-order valence-corrected chi connectivity index (χ4v) is 8.89. The van der Waals surface area contributed by atoms with Gasteiger partial charge in [0.05, 0.1) is 36.6 Å². The first-order chi connectivity index (χ1) is 20.6. The molecule has 0 unspecified atom stereocenters. The molecule has 2 N–H and O–H groups in total. The number of carbonyl (C=O) groups excluding carboxylic acids is 1. The highest BCUT2D eigenvalue weighted by Crippen LogP contribution is 2.61. The number of nitrogens with zero attached hydrogens (tertiary/aromatic N) is 2. The number of ether oxygens (including phenoxy) is 3. The summed E-state index contributed by atoms with van der Waals surface area (Å²) in [4.78, 5) is 18.6. The lowest BCUT2D eigenvalue weighted by Gasteiger charge is -2.45. The van der Waals surface area contributed by atoms with Gasteiger partial charge in [0.1, 0.15) is 27.8 Å². The van der Waals surface area contributed by atoms with Crippen molar-refractivity contribution in [2.24, 2.45) is 11.0 Å². The standard InChI is InChI=1S/C30H32BrN3O7S2/c1-17-11-19(32-33-43(37,38)22-8-6-21(39-2)7-9-22)13-25-30(17)14-20(16-35)34(29(36)24-5-4-10-42-24)15-18-12-23(40-3)27(31)28(41-25)26(18)30/h4-10,12,17,20,25,33,35H,11,13-16H2,1-3H3/b32-19+/t17-,20+,25-,30+/m1/s1. The molecule has 1 aliphatic carbocycles. The monoisotopic (exact) mass is 689 g/mol. The number of rotatable bonds is 7. The molecule has 2 aliphatic heterocycles. The maximum absolute atomic E-state index is 13.7. The van der Waals surface area contributed by atoms with Gasteiger partial charge in [-0.2, -0.15) is 13.5 Å². The van der Waals surface area contributed by atoms with Crippen molar-refractivity contribution in [3.63, 3.8) is 0 Å². The predicted molar refractivity (Wildman–Crippen MR) is 166 cm³/mol. The van der Waals surface area contributed by atoms with Crippen molar-refractivity contribution < 1.29 is 32.5 Å². The van der Waals surface area contributed by atoms with E-state index in [2.05, 4.69) is 32.8 Å². The van der Waals surface area contributed by atoms with Crippen molar-refractivity contribution in [2.45, 2.75) is 55.2 Å². The van der Waals surface area contributed by atoms with E-state index >= 15 is 0 Å². The van der Waals surface area contributed by atoms with Gasteiger partial charge in [-0.3, -0.25) is 4.79 Å². The number of hydrazone groups is 1. The number of nitrogens with one attached hydrogen (secondary N) is 1. The Bertz CT molecular complexity index is 1680. The molecule has 1 amide bonds. The van der Waals surface area contributed by atoms with E-state index < -0.39 is 27.6 Å². The van der Waals surface area contributed by atoms with Crippen LogP contribution in [0.3, 0.4) is 0 Å². The third kappa shape index (κ3) is 4.99. The molecule has 0 bridgehead atoms. The molecule has 4 atom stereocenters. The van der Waals surface area contributed by atoms with E-state index in [9.17, 15) is 18.3 Å². The summed E-state index contributed by atoms with van der Waals surface area (Å²) in [6.07, 6.45) is 0.958. The smallest absolute Gasteiger partial charge is 0.276 e. The van der Waals surface area contributed by atoms with E-state index in [0.29, 0.717) is 58.1 Å². The SMILES string of the molecule is COc1ccc(S(=O)(=O)N/N=C2\C[C@@H](C)[C@]34C[C@@H](CO)N(C(=O)c5cccs5)Cc5cc(OC)c(Br)c(c53)O[C@@H]4C2)cc1. The van der Waals surface area contributed by atoms with E-state index in [1.165, 1.54) is 30.6 Å². The topological polar surface area (TPSA) is 127 Å². The second-order valence-corrected chi connectivity index (χ2v) is 14.5. The molecule has 1 aromatic heterocycles. The number of aliphatic hydroxyl groups excluding tert-OH is 1. The van der Waals surface area contributed by atoms with Crippen LogP contribution in [-0.2, 0) is 22.0 Å². The molecular weight excluding hydrogens is 658 g/mol. The first-order valence-electron chi connectivity index (χ1n) is 13.9. The van der Waals surface area contributed by atoms with Gasteiger partial charge in [0.2, 0.25) is 0 Å². The summed E-state index contributed by atoms with van der Waals surface area (Å²) in [5.74, 6) is 1.62. The highest BCUT2D eigenvalue weighted by molar-refractivity contribution is 9.10. The van der Waals surface area contributed by atoms with Crippen LogP contribution in [0.1, 0.15) is 47.0 Å². The maximum Gasteiger partial charge on any atom is 0.276 e. The minimum atomic E-state index is -3.90. The summed E-state index contributed by atoms with van der Waals surface area (Å²) in [7, 11) is -0.801. The number of aliphatic hydroxyl groups is 1. The number of amides is 1. The number of methoxy groups -OCH3 is 2. The Morgan fingerprint density at radius 2 is 2.00 bits per heavy atom. The van der Waals surface area contributed by atoms with Gasteiger partial charge in [-0.1, -0.05) is 13.0 Å². The zero-order valence-electron chi connectivity index (χ0n) is 23.9. The third-order valence-electron chi connectivity index (χ3n) is 8.88. The van der Waals surface area contributed by atoms with Gasteiger partial charge in [-0.05, 0) is 82.0 Å². The van der Waals surface area contributed by atoms with Gasteiger partial charge in [0.25, 0.3) is 15.9 Å². The minimum Gasteiger partial charge on any atom is -0.497 e. The highest BCUT2D eigenvalue weighted by Gasteiger charge is 2.59. The van der Waals surface area contributed by atoms with Gasteiger partial charge in [0.15, 0.2) is 0 Å². The van der Waals surface area contributed by atoms with Crippen LogP contribution < -0.4 is 19.0 Å². The van der Waals surface area contributed by atoms with Gasteiger partial charge < -0.3 is 24.2 Å². The van der Waals surface area contributed by atoms with Crippen molar-refractivity contribution >= 4 is 48.9 Å². The van der Waals surface area contributed by atoms with Crippen LogP contribution in [0.25, 0.3) is 0 Å². The number of benzene rings is 2. The molecule has 0 radical (unpaired) electrons. The first-order valence-corrected chi connectivity index (χ1v) is 17.0. The molecular formula is C30H32BrN3O7S2. The molecule has 228 valence electrons. The van der Waals surface area contributed by atoms with Crippen LogP contribution >= 0.6 is 27.3 Å². The number of hydrogen-bond acceptors (Lipinski definition) is 9. The second-order valence-electron chi connectivity index (χ2n) is 11.1. The molecule has 3 aliphatic rings.